The number of amidine groups is 1. The zero-order valence-corrected chi connectivity index (χ0v) is 18.4. The fraction of sp³-hybridized carbons (Fsp3) is 0.208. The summed E-state index contributed by atoms with van der Waals surface area (Å²) in [6, 6.07) is 16.7. The van der Waals surface area contributed by atoms with Crippen LogP contribution in [0, 0.1) is 12.3 Å². The molecule has 0 spiro atoms. The molecule has 158 valence electrons. The quantitative estimate of drug-likeness (QED) is 0.523. The molecular formula is C24H23N3O3S. The van der Waals surface area contributed by atoms with Crippen LogP contribution in [0.2, 0.25) is 0 Å². The molecule has 0 atom stereocenters. The Bertz CT molecular complexity index is 1160. The van der Waals surface area contributed by atoms with E-state index in [1.54, 1.807) is 43.0 Å². The van der Waals surface area contributed by atoms with Gasteiger partial charge in [0.05, 0.1) is 29.5 Å². The number of hydrogen-bond donors (Lipinski definition) is 2. The number of anilines is 1. The van der Waals surface area contributed by atoms with Gasteiger partial charge in [-0.1, -0.05) is 30.3 Å². The van der Waals surface area contributed by atoms with E-state index < -0.39 is 0 Å². The molecule has 4 rings (SSSR count). The first-order chi connectivity index (χ1) is 14.8. The third-order valence-corrected chi connectivity index (χ3v) is 5.91. The first-order valence-corrected chi connectivity index (χ1v) is 10.8. The van der Waals surface area contributed by atoms with E-state index in [1.165, 1.54) is 11.3 Å². The topological polar surface area (TPSA) is 86.5 Å². The smallest absolute Gasteiger partial charge is 0.338 e. The second kappa shape index (κ2) is 8.35. The molecule has 2 heterocycles. The van der Waals surface area contributed by atoms with Crippen molar-refractivity contribution in [1.29, 1.82) is 5.41 Å². The number of esters is 1. The molecule has 0 amide bonds. The standard InChI is InChI=1S/C24H23N3O3S/c1-14(2)30-24(29)17-9-11-18(12-10-17)27-13-19(28)20(22(27)25)23-26-21(15(3)31-23)16-7-5-4-6-8-16/h4-12,14,25,28H,13H2,1-3H3. The molecule has 31 heavy (non-hydrogen) atoms. The largest absolute Gasteiger partial charge is 0.510 e. The lowest BCUT2D eigenvalue weighted by Gasteiger charge is -2.19. The lowest BCUT2D eigenvalue weighted by molar-refractivity contribution is 0.0378. The number of carbonyl (C=O) groups is 1. The Kier molecular flexibility index (Phi) is 5.61. The highest BCUT2D eigenvalue weighted by atomic mass is 32.1. The van der Waals surface area contributed by atoms with Gasteiger partial charge in [-0.15, -0.1) is 11.3 Å². The van der Waals surface area contributed by atoms with Crippen LogP contribution in [-0.4, -0.2) is 34.5 Å². The van der Waals surface area contributed by atoms with E-state index in [0.717, 1.165) is 16.1 Å². The lowest BCUT2D eigenvalue weighted by atomic mass is 10.1. The number of nitrogens with zero attached hydrogens (tertiary/aromatic N) is 2. The molecule has 2 N–H and O–H groups in total. The summed E-state index contributed by atoms with van der Waals surface area (Å²) in [6.07, 6.45) is -0.190. The van der Waals surface area contributed by atoms with E-state index in [-0.39, 0.29) is 30.2 Å². The monoisotopic (exact) mass is 433 g/mol. The van der Waals surface area contributed by atoms with Gasteiger partial charge in [-0.25, -0.2) is 9.78 Å². The van der Waals surface area contributed by atoms with Crippen LogP contribution >= 0.6 is 11.3 Å². The van der Waals surface area contributed by atoms with Crippen LogP contribution < -0.4 is 4.90 Å². The molecule has 1 aliphatic rings. The lowest BCUT2D eigenvalue weighted by Crippen LogP contribution is -2.26. The SMILES string of the molecule is Cc1sc(C2=C(O)CN(c3ccc(C(=O)OC(C)C)cc3)C2=N)nc1-c1ccccc1. The van der Waals surface area contributed by atoms with Crippen molar-refractivity contribution in [2.75, 3.05) is 11.4 Å². The molecule has 7 heteroatoms. The summed E-state index contributed by atoms with van der Waals surface area (Å²) in [7, 11) is 0. The van der Waals surface area contributed by atoms with Crippen molar-refractivity contribution < 1.29 is 14.6 Å². The molecule has 3 aromatic rings. The summed E-state index contributed by atoms with van der Waals surface area (Å²) in [4.78, 5) is 19.5. The van der Waals surface area contributed by atoms with E-state index in [9.17, 15) is 9.90 Å². The number of aryl methyl sites for hydroxylation is 1. The molecule has 2 aromatic carbocycles. The summed E-state index contributed by atoms with van der Waals surface area (Å²) in [6.45, 7) is 5.78. The van der Waals surface area contributed by atoms with Crippen LogP contribution in [0.3, 0.4) is 0 Å². The molecule has 0 bridgehead atoms. The summed E-state index contributed by atoms with van der Waals surface area (Å²) in [5.41, 5.74) is 3.47. The maximum Gasteiger partial charge on any atom is 0.338 e. The molecule has 0 fully saturated rings. The number of aromatic nitrogens is 1. The van der Waals surface area contributed by atoms with Gasteiger partial charge >= 0.3 is 5.97 Å². The van der Waals surface area contributed by atoms with Crippen molar-refractivity contribution in [2.24, 2.45) is 0 Å². The normalized spacial score (nSPS) is 13.9. The van der Waals surface area contributed by atoms with Crippen LogP contribution in [-0.2, 0) is 4.74 Å². The zero-order valence-electron chi connectivity index (χ0n) is 17.5. The van der Waals surface area contributed by atoms with Gasteiger partial charge in [0.25, 0.3) is 0 Å². The molecular weight excluding hydrogens is 410 g/mol. The molecule has 0 aliphatic carbocycles. The Hall–Kier alpha value is -3.45. The predicted octanol–water partition coefficient (Wildman–Crippen LogP) is 5.45. The molecule has 0 saturated carbocycles. The highest BCUT2D eigenvalue weighted by Crippen LogP contribution is 2.36. The Morgan fingerprint density at radius 1 is 1.16 bits per heavy atom. The summed E-state index contributed by atoms with van der Waals surface area (Å²) in [5.74, 6) is -0.0866. The third kappa shape index (κ3) is 4.09. The summed E-state index contributed by atoms with van der Waals surface area (Å²) >= 11 is 1.47. The minimum absolute atomic E-state index is 0.113. The minimum atomic E-state index is -0.383. The van der Waals surface area contributed by atoms with E-state index in [1.807, 2.05) is 37.3 Å². The minimum Gasteiger partial charge on any atom is -0.510 e. The van der Waals surface area contributed by atoms with E-state index in [2.05, 4.69) is 0 Å². The van der Waals surface area contributed by atoms with Gasteiger partial charge in [-0.2, -0.15) is 0 Å². The van der Waals surface area contributed by atoms with Gasteiger partial charge in [0.2, 0.25) is 0 Å². The fourth-order valence-electron chi connectivity index (χ4n) is 3.45. The van der Waals surface area contributed by atoms with Gasteiger partial charge in [0, 0.05) is 16.1 Å². The average molecular weight is 434 g/mol. The molecule has 1 aromatic heterocycles. The molecule has 6 nitrogen and oxygen atoms in total. The van der Waals surface area contributed by atoms with Crippen molar-refractivity contribution in [3.8, 4) is 11.3 Å². The van der Waals surface area contributed by atoms with Crippen molar-refractivity contribution in [2.45, 2.75) is 26.9 Å². The number of thiazole rings is 1. The predicted molar refractivity (Wildman–Crippen MR) is 124 cm³/mol. The second-order valence-corrected chi connectivity index (χ2v) is 8.75. The highest BCUT2D eigenvalue weighted by molar-refractivity contribution is 7.13. The van der Waals surface area contributed by atoms with Gasteiger partial charge in [0.1, 0.15) is 16.6 Å². The number of nitrogens with one attached hydrogen (secondary N) is 1. The Morgan fingerprint density at radius 3 is 2.48 bits per heavy atom. The van der Waals surface area contributed by atoms with Gasteiger partial charge in [-0.3, -0.25) is 5.41 Å². The van der Waals surface area contributed by atoms with E-state index in [4.69, 9.17) is 15.1 Å². The molecule has 1 aliphatic heterocycles. The number of hydrogen-bond acceptors (Lipinski definition) is 6. The van der Waals surface area contributed by atoms with Gasteiger partial charge in [0.15, 0.2) is 0 Å². The number of ether oxygens (including phenoxy) is 1. The molecule has 0 radical (unpaired) electrons. The van der Waals surface area contributed by atoms with Crippen molar-refractivity contribution in [1.82, 2.24) is 4.98 Å². The first-order valence-electron chi connectivity index (χ1n) is 9.98. The first kappa shape index (κ1) is 20.8. The Balaban J connectivity index is 1.58. The maximum atomic E-state index is 12.1. The van der Waals surface area contributed by atoms with Crippen molar-refractivity contribution in [3.63, 3.8) is 0 Å². The Labute approximate surface area is 185 Å². The number of rotatable bonds is 5. The number of aliphatic hydroxyl groups is 1. The van der Waals surface area contributed by atoms with Crippen molar-refractivity contribution in [3.05, 3.63) is 75.8 Å². The summed E-state index contributed by atoms with van der Waals surface area (Å²) < 4.78 is 5.21. The molecule has 0 unspecified atom stereocenters. The highest BCUT2D eigenvalue weighted by Gasteiger charge is 2.32. The third-order valence-electron chi connectivity index (χ3n) is 4.92. The van der Waals surface area contributed by atoms with Gasteiger partial charge < -0.3 is 14.7 Å². The number of carbonyl (C=O) groups excluding carboxylic acids is 1. The zero-order chi connectivity index (χ0) is 22.1. The summed E-state index contributed by atoms with van der Waals surface area (Å²) in [5, 5.41) is 19.9. The van der Waals surface area contributed by atoms with E-state index in [0.29, 0.717) is 21.8 Å². The van der Waals surface area contributed by atoms with Crippen LogP contribution in [0.4, 0.5) is 5.69 Å². The fourth-order valence-corrected chi connectivity index (χ4v) is 4.46. The van der Waals surface area contributed by atoms with Crippen molar-refractivity contribution >= 4 is 34.4 Å². The van der Waals surface area contributed by atoms with Gasteiger partial charge in [-0.05, 0) is 45.0 Å². The average Bonchev–Trinajstić information content (AvgIpc) is 3.27. The van der Waals surface area contributed by atoms with Crippen LogP contribution in [0.5, 0.6) is 0 Å². The number of aliphatic hydroxyl groups excluding tert-OH is 1. The second-order valence-electron chi connectivity index (χ2n) is 7.55. The van der Waals surface area contributed by atoms with Crippen LogP contribution in [0.1, 0.15) is 34.1 Å². The Morgan fingerprint density at radius 2 is 1.84 bits per heavy atom. The van der Waals surface area contributed by atoms with E-state index >= 15 is 0 Å². The molecule has 0 saturated heterocycles. The van der Waals surface area contributed by atoms with Crippen LogP contribution in [0.15, 0.2) is 60.4 Å². The van der Waals surface area contributed by atoms with Crippen LogP contribution in [0.25, 0.3) is 16.8 Å². The maximum absolute atomic E-state index is 12.1. The number of benzene rings is 2.